The number of rotatable bonds is 1. The summed E-state index contributed by atoms with van der Waals surface area (Å²) < 4.78 is 1.94. The highest BCUT2D eigenvalue weighted by molar-refractivity contribution is 6.35. The summed E-state index contributed by atoms with van der Waals surface area (Å²) in [5, 5.41) is 1.26. The molecule has 0 aliphatic rings. The van der Waals surface area contributed by atoms with E-state index in [1.165, 1.54) is 0 Å². The summed E-state index contributed by atoms with van der Waals surface area (Å²) >= 11 is 12.2. The van der Waals surface area contributed by atoms with E-state index in [4.69, 9.17) is 23.2 Å². The number of benzene rings is 1. The number of fused-ring (bicyclic) bond motifs is 1. The van der Waals surface area contributed by atoms with Gasteiger partial charge in [-0.1, -0.05) is 23.2 Å². The maximum atomic E-state index is 6.20. The van der Waals surface area contributed by atoms with Gasteiger partial charge >= 0.3 is 0 Å². The van der Waals surface area contributed by atoms with Crippen molar-refractivity contribution >= 4 is 29.0 Å². The lowest BCUT2D eigenvalue weighted by molar-refractivity contribution is 1.01. The maximum absolute atomic E-state index is 6.20. The van der Waals surface area contributed by atoms with Crippen LogP contribution in [0.1, 0.15) is 11.4 Å². The molecule has 0 spiro atoms. The Hall–Kier alpha value is -1.58. The summed E-state index contributed by atoms with van der Waals surface area (Å²) in [6.07, 6.45) is 1.93. The first-order valence-electron chi connectivity index (χ1n) is 5.83. The Labute approximate surface area is 120 Å². The highest BCUT2D eigenvalue weighted by Crippen LogP contribution is 2.30. The van der Waals surface area contributed by atoms with Gasteiger partial charge in [0, 0.05) is 28.2 Å². The van der Waals surface area contributed by atoms with Crippen molar-refractivity contribution in [1.82, 2.24) is 14.4 Å². The van der Waals surface area contributed by atoms with Crippen molar-refractivity contribution in [3.63, 3.8) is 0 Å². The van der Waals surface area contributed by atoms with Crippen LogP contribution >= 0.6 is 23.2 Å². The van der Waals surface area contributed by atoms with Crippen molar-refractivity contribution in [3.05, 3.63) is 51.9 Å². The molecule has 0 aliphatic heterocycles. The topological polar surface area (TPSA) is 30.2 Å². The number of hydrogen-bond donors (Lipinski definition) is 0. The van der Waals surface area contributed by atoms with Crippen LogP contribution < -0.4 is 0 Å². The number of imidazole rings is 1. The molecule has 19 heavy (non-hydrogen) atoms. The van der Waals surface area contributed by atoms with Crippen LogP contribution in [0, 0.1) is 13.8 Å². The largest absolute Gasteiger partial charge is 0.288 e. The molecule has 3 nitrogen and oxygen atoms in total. The van der Waals surface area contributed by atoms with E-state index in [1.54, 1.807) is 12.1 Å². The minimum absolute atomic E-state index is 0.627. The summed E-state index contributed by atoms with van der Waals surface area (Å²) in [6, 6.07) is 7.36. The Morgan fingerprint density at radius 1 is 1.05 bits per heavy atom. The third kappa shape index (κ3) is 2.20. The van der Waals surface area contributed by atoms with Crippen LogP contribution in [0.15, 0.2) is 30.5 Å². The first-order valence-corrected chi connectivity index (χ1v) is 6.59. The predicted molar refractivity (Wildman–Crippen MR) is 77.9 cm³/mol. The SMILES string of the molecule is Cc1cc(C)n2cc(-c3cc(Cl)ccc3Cl)nc2n1. The average Bonchev–Trinajstić information content (AvgIpc) is 2.76. The smallest absolute Gasteiger partial charge is 0.234 e. The van der Waals surface area contributed by atoms with Gasteiger partial charge < -0.3 is 0 Å². The van der Waals surface area contributed by atoms with Crippen LogP contribution in [-0.4, -0.2) is 14.4 Å². The van der Waals surface area contributed by atoms with Crippen molar-refractivity contribution in [2.24, 2.45) is 0 Å². The van der Waals surface area contributed by atoms with E-state index < -0.39 is 0 Å². The van der Waals surface area contributed by atoms with E-state index in [-0.39, 0.29) is 0 Å². The molecule has 2 aromatic heterocycles. The molecular formula is C14H11Cl2N3. The molecule has 3 rings (SSSR count). The molecule has 0 atom stereocenters. The molecule has 96 valence electrons. The lowest BCUT2D eigenvalue weighted by Gasteiger charge is -2.00. The van der Waals surface area contributed by atoms with Crippen LogP contribution in [-0.2, 0) is 0 Å². The second kappa shape index (κ2) is 4.51. The van der Waals surface area contributed by atoms with Crippen molar-refractivity contribution in [3.8, 4) is 11.3 Å². The fourth-order valence-electron chi connectivity index (χ4n) is 2.09. The number of nitrogens with zero attached hydrogens (tertiary/aromatic N) is 3. The van der Waals surface area contributed by atoms with Crippen molar-refractivity contribution in [2.75, 3.05) is 0 Å². The highest BCUT2D eigenvalue weighted by Gasteiger charge is 2.11. The molecular weight excluding hydrogens is 281 g/mol. The van der Waals surface area contributed by atoms with E-state index in [0.29, 0.717) is 15.8 Å². The third-order valence-electron chi connectivity index (χ3n) is 2.97. The fourth-order valence-corrected chi connectivity index (χ4v) is 2.48. The van der Waals surface area contributed by atoms with Gasteiger partial charge in [-0.25, -0.2) is 9.97 Å². The zero-order chi connectivity index (χ0) is 13.6. The van der Waals surface area contributed by atoms with Gasteiger partial charge in [0.15, 0.2) is 0 Å². The van der Waals surface area contributed by atoms with E-state index in [2.05, 4.69) is 9.97 Å². The van der Waals surface area contributed by atoms with E-state index in [9.17, 15) is 0 Å². The van der Waals surface area contributed by atoms with E-state index in [1.807, 2.05) is 36.6 Å². The summed E-state index contributed by atoms with van der Waals surface area (Å²) in [5.74, 6) is 0.670. The monoisotopic (exact) mass is 291 g/mol. The molecule has 0 N–H and O–H groups in total. The second-order valence-electron chi connectivity index (χ2n) is 4.46. The molecule has 0 saturated carbocycles. The highest BCUT2D eigenvalue weighted by atomic mass is 35.5. The molecule has 0 amide bonds. The van der Waals surface area contributed by atoms with Crippen LogP contribution in [0.4, 0.5) is 0 Å². The van der Waals surface area contributed by atoms with Crippen molar-refractivity contribution in [1.29, 1.82) is 0 Å². The van der Waals surface area contributed by atoms with Gasteiger partial charge in [-0.2, -0.15) is 0 Å². The molecule has 3 aromatic rings. The zero-order valence-electron chi connectivity index (χ0n) is 10.5. The summed E-state index contributed by atoms with van der Waals surface area (Å²) in [6.45, 7) is 3.97. The second-order valence-corrected chi connectivity index (χ2v) is 5.30. The minimum Gasteiger partial charge on any atom is -0.288 e. The first kappa shape index (κ1) is 12.5. The Bertz CT molecular complexity index is 778. The number of hydrogen-bond acceptors (Lipinski definition) is 2. The van der Waals surface area contributed by atoms with Gasteiger partial charge in [-0.15, -0.1) is 0 Å². The van der Waals surface area contributed by atoms with Gasteiger partial charge in [0.05, 0.1) is 10.7 Å². The molecule has 1 aromatic carbocycles. The number of aromatic nitrogens is 3. The Balaban J connectivity index is 2.26. The molecule has 0 bridgehead atoms. The molecule has 0 saturated heterocycles. The van der Waals surface area contributed by atoms with Gasteiger partial charge in [-0.3, -0.25) is 4.40 Å². The molecule has 0 fully saturated rings. The Morgan fingerprint density at radius 2 is 1.84 bits per heavy atom. The summed E-state index contributed by atoms with van der Waals surface area (Å²) in [7, 11) is 0. The van der Waals surface area contributed by atoms with Crippen LogP contribution in [0.2, 0.25) is 10.0 Å². The molecule has 0 aliphatic carbocycles. The van der Waals surface area contributed by atoms with E-state index in [0.717, 1.165) is 22.6 Å². The predicted octanol–water partition coefficient (Wildman–Crippen LogP) is 4.32. The number of halogens is 2. The van der Waals surface area contributed by atoms with Crippen molar-refractivity contribution < 1.29 is 0 Å². The normalized spacial score (nSPS) is 11.2. The summed E-state index contributed by atoms with van der Waals surface area (Å²) in [4.78, 5) is 8.93. The lowest BCUT2D eigenvalue weighted by Crippen LogP contribution is -1.94. The van der Waals surface area contributed by atoms with Gasteiger partial charge in [0.1, 0.15) is 0 Å². The number of aryl methyl sites for hydroxylation is 2. The van der Waals surface area contributed by atoms with Gasteiger partial charge in [0.2, 0.25) is 5.78 Å². The fraction of sp³-hybridized carbons (Fsp3) is 0.143. The minimum atomic E-state index is 0.627. The Kier molecular flexibility index (Phi) is 2.96. The maximum Gasteiger partial charge on any atom is 0.234 e. The average molecular weight is 292 g/mol. The zero-order valence-corrected chi connectivity index (χ0v) is 12.0. The van der Waals surface area contributed by atoms with Crippen LogP contribution in [0.5, 0.6) is 0 Å². The third-order valence-corrected chi connectivity index (χ3v) is 3.53. The van der Waals surface area contributed by atoms with Crippen LogP contribution in [0.3, 0.4) is 0 Å². The molecule has 0 radical (unpaired) electrons. The first-order chi connectivity index (χ1) is 9.04. The quantitative estimate of drug-likeness (QED) is 0.668. The molecule has 2 heterocycles. The molecule has 5 heteroatoms. The summed E-state index contributed by atoms with van der Waals surface area (Å²) in [5.41, 5.74) is 3.61. The van der Waals surface area contributed by atoms with Crippen molar-refractivity contribution in [2.45, 2.75) is 13.8 Å². The molecule has 0 unspecified atom stereocenters. The Morgan fingerprint density at radius 3 is 2.63 bits per heavy atom. The van der Waals surface area contributed by atoms with Gasteiger partial charge in [-0.05, 0) is 38.1 Å². The van der Waals surface area contributed by atoms with Gasteiger partial charge in [0.25, 0.3) is 0 Å². The lowest BCUT2D eigenvalue weighted by atomic mass is 10.2. The van der Waals surface area contributed by atoms with Crippen LogP contribution in [0.25, 0.3) is 17.0 Å². The van der Waals surface area contributed by atoms with E-state index >= 15 is 0 Å². The standard InChI is InChI=1S/C14H11Cl2N3/c1-8-5-9(2)19-7-13(18-14(19)17-8)11-6-10(15)3-4-12(11)16/h3-7H,1-2H3.